The van der Waals surface area contributed by atoms with Gasteiger partial charge in [-0.05, 0) is 36.4 Å². The van der Waals surface area contributed by atoms with Gasteiger partial charge < -0.3 is 19.6 Å². The van der Waals surface area contributed by atoms with Gasteiger partial charge in [-0.2, -0.15) is 0 Å². The third-order valence-corrected chi connectivity index (χ3v) is 4.11. The second-order valence-corrected chi connectivity index (χ2v) is 5.97. The summed E-state index contributed by atoms with van der Waals surface area (Å²) in [6.07, 6.45) is 1.51. The Morgan fingerprint density at radius 1 is 1.25 bits per heavy atom. The first-order valence-corrected chi connectivity index (χ1v) is 8.64. The third-order valence-electron chi connectivity index (χ3n) is 4.11. The quantitative estimate of drug-likeness (QED) is 0.680. The summed E-state index contributed by atoms with van der Waals surface area (Å²) in [6.45, 7) is 1.46. The number of hydrogen-bond donors (Lipinski definition) is 2. The molecule has 1 fully saturated rings. The summed E-state index contributed by atoms with van der Waals surface area (Å²) < 4.78 is 10.3. The predicted molar refractivity (Wildman–Crippen MR) is 101 cm³/mol. The van der Waals surface area contributed by atoms with Crippen molar-refractivity contribution in [3.8, 4) is 23.4 Å². The van der Waals surface area contributed by atoms with Crippen molar-refractivity contribution in [3.63, 3.8) is 0 Å². The van der Waals surface area contributed by atoms with Crippen LogP contribution in [0.3, 0.4) is 0 Å². The van der Waals surface area contributed by atoms with Crippen LogP contribution in [0.25, 0.3) is 11.5 Å². The lowest BCUT2D eigenvalue weighted by Crippen LogP contribution is -2.27. The molecular formula is C20H16N4O4. The van der Waals surface area contributed by atoms with E-state index in [4.69, 9.17) is 8.94 Å². The molecule has 3 amide bonds. The molecule has 8 heteroatoms. The van der Waals surface area contributed by atoms with Crippen LogP contribution in [0, 0.1) is 11.8 Å². The van der Waals surface area contributed by atoms with Crippen LogP contribution in [0.4, 0.5) is 10.5 Å². The maximum atomic E-state index is 12.1. The van der Waals surface area contributed by atoms with Crippen LogP contribution in [0.2, 0.25) is 0 Å². The average Bonchev–Trinajstić information content (AvgIpc) is 3.46. The van der Waals surface area contributed by atoms with E-state index in [0.717, 1.165) is 11.3 Å². The van der Waals surface area contributed by atoms with Crippen molar-refractivity contribution in [2.75, 3.05) is 24.5 Å². The lowest BCUT2D eigenvalue weighted by Gasteiger charge is -2.13. The number of benzene rings is 1. The molecule has 4 rings (SSSR count). The molecule has 2 aromatic heterocycles. The van der Waals surface area contributed by atoms with E-state index < -0.39 is 0 Å². The van der Waals surface area contributed by atoms with Crippen molar-refractivity contribution >= 4 is 17.6 Å². The molecule has 0 unspecified atom stereocenters. The van der Waals surface area contributed by atoms with Gasteiger partial charge in [-0.25, -0.2) is 4.79 Å². The van der Waals surface area contributed by atoms with E-state index in [1.165, 1.54) is 12.3 Å². The molecule has 1 aliphatic heterocycles. The Hall–Kier alpha value is -3.99. The highest BCUT2D eigenvalue weighted by Gasteiger charge is 2.20. The van der Waals surface area contributed by atoms with Crippen molar-refractivity contribution in [1.29, 1.82) is 0 Å². The second kappa shape index (κ2) is 7.72. The number of rotatable bonds is 4. The van der Waals surface area contributed by atoms with Gasteiger partial charge in [0, 0.05) is 30.4 Å². The monoisotopic (exact) mass is 376 g/mol. The summed E-state index contributed by atoms with van der Waals surface area (Å²) in [4.78, 5) is 25.4. The Balaban J connectivity index is 1.31. The lowest BCUT2D eigenvalue weighted by atomic mass is 10.2. The first-order chi connectivity index (χ1) is 13.7. The van der Waals surface area contributed by atoms with Gasteiger partial charge in [0.05, 0.1) is 12.8 Å². The molecule has 1 aliphatic rings. The maximum Gasteiger partial charge on any atom is 0.321 e. The van der Waals surface area contributed by atoms with Crippen molar-refractivity contribution in [3.05, 3.63) is 60.0 Å². The average molecular weight is 376 g/mol. The number of nitrogens with one attached hydrogen (secondary N) is 2. The first kappa shape index (κ1) is 17.4. The molecule has 0 atom stereocenters. The SMILES string of the molecule is O=C(NCC#Cc1ccc(N2CCNC2=O)cc1)c1cc(-c2ccco2)on1. The van der Waals surface area contributed by atoms with Crippen LogP contribution in [0.5, 0.6) is 0 Å². The molecule has 3 heterocycles. The first-order valence-electron chi connectivity index (χ1n) is 8.64. The van der Waals surface area contributed by atoms with Gasteiger partial charge in [0.1, 0.15) is 0 Å². The number of urea groups is 1. The van der Waals surface area contributed by atoms with E-state index in [-0.39, 0.29) is 24.2 Å². The molecular weight excluding hydrogens is 360 g/mol. The van der Waals surface area contributed by atoms with Crippen LogP contribution in [-0.2, 0) is 0 Å². The zero-order chi connectivity index (χ0) is 19.3. The maximum absolute atomic E-state index is 12.1. The van der Waals surface area contributed by atoms with E-state index in [1.807, 2.05) is 24.3 Å². The highest BCUT2D eigenvalue weighted by molar-refractivity contribution is 5.94. The lowest BCUT2D eigenvalue weighted by molar-refractivity contribution is 0.0949. The summed E-state index contributed by atoms with van der Waals surface area (Å²) in [5.74, 6) is 6.35. The summed E-state index contributed by atoms with van der Waals surface area (Å²) in [5.41, 5.74) is 1.77. The van der Waals surface area contributed by atoms with E-state index in [1.54, 1.807) is 17.0 Å². The summed E-state index contributed by atoms with van der Waals surface area (Å²) >= 11 is 0. The van der Waals surface area contributed by atoms with Crippen LogP contribution in [0.15, 0.2) is 57.7 Å². The molecule has 140 valence electrons. The molecule has 0 saturated carbocycles. The van der Waals surface area contributed by atoms with Gasteiger partial charge >= 0.3 is 6.03 Å². The fourth-order valence-electron chi connectivity index (χ4n) is 2.72. The topological polar surface area (TPSA) is 101 Å². The van der Waals surface area contributed by atoms with Gasteiger partial charge in [0.15, 0.2) is 11.5 Å². The van der Waals surface area contributed by atoms with E-state index in [2.05, 4.69) is 27.6 Å². The van der Waals surface area contributed by atoms with Gasteiger partial charge in [0.25, 0.3) is 5.91 Å². The van der Waals surface area contributed by atoms with Crippen molar-refractivity contribution in [1.82, 2.24) is 15.8 Å². The molecule has 0 radical (unpaired) electrons. The van der Waals surface area contributed by atoms with Crippen molar-refractivity contribution < 1.29 is 18.5 Å². The molecule has 3 aromatic rings. The molecule has 8 nitrogen and oxygen atoms in total. The van der Waals surface area contributed by atoms with Crippen molar-refractivity contribution in [2.45, 2.75) is 0 Å². The number of nitrogens with zero attached hydrogens (tertiary/aromatic N) is 2. The van der Waals surface area contributed by atoms with Crippen LogP contribution in [0.1, 0.15) is 16.1 Å². The zero-order valence-electron chi connectivity index (χ0n) is 14.8. The van der Waals surface area contributed by atoms with E-state index in [0.29, 0.717) is 24.6 Å². The highest BCUT2D eigenvalue weighted by Crippen LogP contribution is 2.20. The Kier molecular flexibility index (Phi) is 4.80. The summed E-state index contributed by atoms with van der Waals surface area (Å²) in [5, 5.41) is 9.15. The Morgan fingerprint density at radius 2 is 2.11 bits per heavy atom. The van der Waals surface area contributed by atoms with E-state index >= 15 is 0 Å². The number of amides is 3. The zero-order valence-corrected chi connectivity index (χ0v) is 14.8. The molecule has 0 spiro atoms. The smallest absolute Gasteiger partial charge is 0.321 e. The van der Waals surface area contributed by atoms with Gasteiger partial charge in [-0.1, -0.05) is 17.0 Å². The second-order valence-electron chi connectivity index (χ2n) is 5.97. The molecule has 1 aromatic carbocycles. The minimum atomic E-state index is -0.383. The Morgan fingerprint density at radius 3 is 2.82 bits per heavy atom. The largest absolute Gasteiger partial charge is 0.461 e. The molecule has 0 bridgehead atoms. The summed E-state index contributed by atoms with van der Waals surface area (Å²) in [6, 6.07) is 12.2. The predicted octanol–water partition coefficient (Wildman–Crippen LogP) is 2.25. The fraction of sp³-hybridized carbons (Fsp3) is 0.150. The molecule has 1 saturated heterocycles. The normalized spacial score (nSPS) is 13.0. The Bertz CT molecular complexity index is 1040. The number of anilines is 1. The molecule has 28 heavy (non-hydrogen) atoms. The minimum absolute atomic E-state index is 0.0930. The summed E-state index contributed by atoms with van der Waals surface area (Å²) in [7, 11) is 0. The molecule has 2 N–H and O–H groups in total. The van der Waals surface area contributed by atoms with Gasteiger partial charge in [0.2, 0.25) is 5.76 Å². The number of furan rings is 1. The number of aromatic nitrogens is 1. The van der Waals surface area contributed by atoms with Crippen LogP contribution in [-0.4, -0.2) is 36.7 Å². The number of carbonyl (C=O) groups excluding carboxylic acids is 2. The van der Waals surface area contributed by atoms with Gasteiger partial charge in [-0.15, -0.1) is 0 Å². The third kappa shape index (κ3) is 3.73. The highest BCUT2D eigenvalue weighted by atomic mass is 16.5. The molecule has 0 aliphatic carbocycles. The van der Waals surface area contributed by atoms with Crippen molar-refractivity contribution in [2.24, 2.45) is 0 Å². The fourth-order valence-corrected chi connectivity index (χ4v) is 2.72. The van der Waals surface area contributed by atoms with Crippen LogP contribution >= 0.6 is 0 Å². The Labute approximate surface area is 160 Å². The van der Waals surface area contributed by atoms with Gasteiger partial charge in [-0.3, -0.25) is 9.69 Å². The van der Waals surface area contributed by atoms with E-state index in [9.17, 15) is 9.59 Å². The van der Waals surface area contributed by atoms with Crippen LogP contribution < -0.4 is 15.5 Å². The number of carbonyl (C=O) groups is 2. The minimum Gasteiger partial charge on any atom is -0.461 e. The number of hydrogen-bond acceptors (Lipinski definition) is 5. The standard InChI is InChI=1S/C20H16N4O4/c25-19(16-13-18(28-23-16)17-4-2-12-27-17)21-9-1-3-14-5-7-15(8-6-14)24-11-10-22-20(24)26/h2,4-8,12-13H,9-11H2,(H,21,25)(H,22,26).